The van der Waals surface area contributed by atoms with Gasteiger partial charge in [-0.05, 0) is 37.6 Å². The molecule has 8 heteroatoms. The fourth-order valence-electron chi connectivity index (χ4n) is 2.43. The number of rotatable bonds is 9. The molecule has 4 nitrogen and oxygen atoms in total. The highest BCUT2D eigenvalue weighted by Gasteiger charge is 2.30. The number of thioether (sulfide) groups is 1. The molecule has 2 aromatic rings. The molecule has 0 atom stereocenters. The van der Waals surface area contributed by atoms with Gasteiger partial charge in [0, 0.05) is 31.5 Å². The van der Waals surface area contributed by atoms with Crippen LogP contribution in [0.4, 0.5) is 18.9 Å². The summed E-state index contributed by atoms with van der Waals surface area (Å²) in [4.78, 5) is 17.8. The van der Waals surface area contributed by atoms with Crippen molar-refractivity contribution < 1.29 is 18.0 Å². The quantitative estimate of drug-likeness (QED) is 0.508. The highest BCUT2D eigenvalue weighted by atomic mass is 32.2. The van der Waals surface area contributed by atoms with Crippen LogP contribution >= 0.6 is 11.8 Å². The molecule has 0 fully saturated rings. The summed E-state index contributed by atoms with van der Waals surface area (Å²) in [5, 5.41) is 3.21. The van der Waals surface area contributed by atoms with E-state index in [9.17, 15) is 18.0 Å². The van der Waals surface area contributed by atoms with Crippen LogP contribution in [0.25, 0.3) is 0 Å². The molecular formula is C19H22F3N3OS. The number of hydrogen-bond acceptors (Lipinski definition) is 4. The van der Waals surface area contributed by atoms with Gasteiger partial charge < -0.3 is 10.2 Å². The summed E-state index contributed by atoms with van der Waals surface area (Å²) in [6.07, 6.45) is -2.82. The van der Waals surface area contributed by atoms with Crippen molar-refractivity contribution in [2.45, 2.75) is 24.5 Å². The van der Waals surface area contributed by atoms with Gasteiger partial charge in [0.05, 0.1) is 16.3 Å². The van der Waals surface area contributed by atoms with Crippen molar-refractivity contribution in [3.8, 4) is 0 Å². The maximum absolute atomic E-state index is 12.5. The number of amides is 1. The van der Waals surface area contributed by atoms with E-state index >= 15 is 0 Å². The van der Waals surface area contributed by atoms with Crippen LogP contribution in [0.15, 0.2) is 53.7 Å². The molecule has 0 spiro atoms. The van der Waals surface area contributed by atoms with E-state index in [0.29, 0.717) is 11.6 Å². The minimum atomic E-state index is -4.40. The fraction of sp³-hybridized carbons (Fsp3) is 0.368. The lowest BCUT2D eigenvalue weighted by Crippen LogP contribution is -2.30. The largest absolute Gasteiger partial charge is 0.417 e. The molecule has 27 heavy (non-hydrogen) atoms. The zero-order chi connectivity index (χ0) is 19.7. The van der Waals surface area contributed by atoms with E-state index in [2.05, 4.69) is 34.3 Å². The maximum Gasteiger partial charge on any atom is 0.417 e. The second kappa shape index (κ2) is 10.2. The molecule has 0 radical (unpaired) electrons. The van der Waals surface area contributed by atoms with Crippen molar-refractivity contribution in [3.05, 3.63) is 54.2 Å². The van der Waals surface area contributed by atoms with Gasteiger partial charge in [-0.2, -0.15) is 13.2 Å². The lowest BCUT2D eigenvalue weighted by Gasteiger charge is -2.23. The van der Waals surface area contributed by atoms with Crippen LogP contribution in [0.2, 0.25) is 0 Å². The lowest BCUT2D eigenvalue weighted by atomic mass is 10.2. The number of para-hydroxylation sites is 1. The van der Waals surface area contributed by atoms with Gasteiger partial charge in [-0.25, -0.2) is 4.98 Å². The van der Waals surface area contributed by atoms with Gasteiger partial charge >= 0.3 is 6.18 Å². The Bertz CT molecular complexity index is 708. The summed E-state index contributed by atoms with van der Waals surface area (Å²) < 4.78 is 37.4. The van der Waals surface area contributed by atoms with Crippen molar-refractivity contribution in [2.75, 3.05) is 30.3 Å². The summed E-state index contributed by atoms with van der Waals surface area (Å²) in [7, 11) is 0. The van der Waals surface area contributed by atoms with Gasteiger partial charge in [-0.3, -0.25) is 4.79 Å². The third kappa shape index (κ3) is 7.13. The molecule has 1 heterocycles. The van der Waals surface area contributed by atoms with Gasteiger partial charge in [0.25, 0.3) is 0 Å². The number of carbonyl (C=O) groups is 1. The smallest absolute Gasteiger partial charge is 0.372 e. The molecule has 1 amide bonds. The zero-order valence-corrected chi connectivity index (χ0v) is 15.8. The Morgan fingerprint density at radius 2 is 1.93 bits per heavy atom. The number of benzene rings is 1. The normalized spacial score (nSPS) is 11.3. The van der Waals surface area contributed by atoms with Crippen molar-refractivity contribution in [3.63, 3.8) is 0 Å². The minimum Gasteiger partial charge on any atom is -0.372 e. The molecule has 0 aliphatic carbocycles. The second-order valence-electron chi connectivity index (χ2n) is 5.79. The van der Waals surface area contributed by atoms with Crippen LogP contribution in [0.1, 0.15) is 18.9 Å². The average Bonchev–Trinajstić information content (AvgIpc) is 2.67. The second-order valence-corrected chi connectivity index (χ2v) is 6.79. The Balaban J connectivity index is 1.67. The van der Waals surface area contributed by atoms with Crippen molar-refractivity contribution in [2.24, 2.45) is 0 Å². The molecule has 0 bridgehead atoms. The summed E-state index contributed by atoms with van der Waals surface area (Å²) >= 11 is 1.11. The first kappa shape index (κ1) is 21.1. The zero-order valence-electron chi connectivity index (χ0n) is 15.0. The number of halogens is 3. The molecule has 0 aliphatic heterocycles. The predicted molar refractivity (Wildman–Crippen MR) is 102 cm³/mol. The van der Waals surface area contributed by atoms with E-state index in [1.165, 1.54) is 6.07 Å². The van der Waals surface area contributed by atoms with Gasteiger partial charge in [-0.1, -0.05) is 30.0 Å². The minimum absolute atomic E-state index is 0.120. The van der Waals surface area contributed by atoms with Crippen LogP contribution in [0, 0.1) is 0 Å². The first-order valence-corrected chi connectivity index (χ1v) is 9.61. The number of alkyl halides is 3. The molecular weight excluding hydrogens is 375 g/mol. The number of hydrogen-bond donors (Lipinski definition) is 1. The van der Waals surface area contributed by atoms with Gasteiger partial charge in [0.1, 0.15) is 0 Å². The summed E-state index contributed by atoms with van der Waals surface area (Å²) in [5.74, 6) is -0.0430. The van der Waals surface area contributed by atoms with Crippen molar-refractivity contribution >= 4 is 23.4 Å². The number of pyridine rings is 1. The predicted octanol–water partition coefficient (Wildman–Crippen LogP) is 4.23. The van der Waals surface area contributed by atoms with Crippen LogP contribution < -0.4 is 10.2 Å². The molecule has 2 rings (SSSR count). The van der Waals surface area contributed by atoms with E-state index in [1.807, 2.05) is 18.2 Å². The molecule has 0 saturated carbocycles. The first-order chi connectivity index (χ1) is 12.9. The maximum atomic E-state index is 12.5. The molecule has 0 unspecified atom stereocenters. The van der Waals surface area contributed by atoms with Crippen LogP contribution in [0.3, 0.4) is 0 Å². The SMILES string of the molecule is CCN(CCCNC(=O)CSc1ccc(C(F)(F)F)cn1)c1ccccc1. The van der Waals surface area contributed by atoms with E-state index in [4.69, 9.17) is 0 Å². The Morgan fingerprint density at radius 1 is 1.19 bits per heavy atom. The van der Waals surface area contributed by atoms with Crippen molar-refractivity contribution in [1.82, 2.24) is 10.3 Å². The number of nitrogens with one attached hydrogen (secondary N) is 1. The Labute approximate surface area is 161 Å². The third-order valence-corrected chi connectivity index (χ3v) is 4.79. The number of aromatic nitrogens is 1. The van der Waals surface area contributed by atoms with Gasteiger partial charge in [-0.15, -0.1) is 0 Å². The fourth-order valence-corrected chi connectivity index (χ4v) is 3.10. The van der Waals surface area contributed by atoms with E-state index in [0.717, 1.165) is 49.2 Å². The van der Waals surface area contributed by atoms with Gasteiger partial charge in [0.15, 0.2) is 0 Å². The Kier molecular flexibility index (Phi) is 7.97. The molecule has 1 aromatic heterocycles. The third-order valence-electron chi connectivity index (χ3n) is 3.84. The molecule has 1 aromatic carbocycles. The van der Waals surface area contributed by atoms with E-state index in [-0.39, 0.29) is 11.7 Å². The average molecular weight is 397 g/mol. The summed E-state index contributed by atoms with van der Waals surface area (Å²) in [5.41, 5.74) is 0.352. The van der Waals surface area contributed by atoms with Gasteiger partial charge in [0.2, 0.25) is 5.91 Å². The summed E-state index contributed by atoms with van der Waals surface area (Å²) in [6, 6.07) is 12.3. The number of carbonyl (C=O) groups excluding carboxylic acids is 1. The number of nitrogens with zero attached hydrogens (tertiary/aromatic N) is 2. The van der Waals surface area contributed by atoms with E-state index < -0.39 is 11.7 Å². The Morgan fingerprint density at radius 3 is 2.52 bits per heavy atom. The highest BCUT2D eigenvalue weighted by molar-refractivity contribution is 7.99. The lowest BCUT2D eigenvalue weighted by molar-refractivity contribution is -0.137. The standard InChI is InChI=1S/C19H22F3N3OS/c1-2-25(16-7-4-3-5-8-16)12-6-11-23-17(26)14-27-18-10-9-15(13-24-18)19(20,21)22/h3-5,7-10,13H,2,6,11-12,14H2,1H3,(H,23,26). The van der Waals surface area contributed by atoms with E-state index in [1.54, 1.807) is 0 Å². The highest BCUT2D eigenvalue weighted by Crippen LogP contribution is 2.29. The topological polar surface area (TPSA) is 45.2 Å². The number of anilines is 1. The van der Waals surface area contributed by atoms with Crippen LogP contribution in [-0.2, 0) is 11.0 Å². The van der Waals surface area contributed by atoms with Crippen LogP contribution in [-0.4, -0.2) is 36.3 Å². The molecule has 0 saturated heterocycles. The molecule has 0 aliphatic rings. The monoisotopic (exact) mass is 397 g/mol. The molecule has 1 N–H and O–H groups in total. The van der Waals surface area contributed by atoms with Crippen LogP contribution in [0.5, 0.6) is 0 Å². The molecule has 146 valence electrons. The first-order valence-electron chi connectivity index (χ1n) is 8.63. The summed E-state index contributed by atoms with van der Waals surface area (Å²) in [6.45, 7) is 4.34. The Hall–Kier alpha value is -2.22. The van der Waals surface area contributed by atoms with Crippen molar-refractivity contribution in [1.29, 1.82) is 0 Å².